The number of amides is 2. The van der Waals surface area contributed by atoms with Crippen LogP contribution in [0.15, 0.2) is 58.2 Å². The molecule has 0 bridgehead atoms. The molecule has 1 aromatic carbocycles. The molecule has 27 heavy (non-hydrogen) atoms. The van der Waals surface area contributed by atoms with Crippen LogP contribution in [0.1, 0.15) is 19.3 Å². The van der Waals surface area contributed by atoms with E-state index in [9.17, 15) is 9.59 Å². The normalized spacial score (nSPS) is 14.8. The topological polar surface area (TPSA) is 62.3 Å². The maximum absolute atomic E-state index is 12.4. The lowest BCUT2D eigenvalue weighted by Crippen LogP contribution is -2.41. The summed E-state index contributed by atoms with van der Waals surface area (Å²) in [5.74, 6) is 0.925. The predicted molar refractivity (Wildman–Crippen MR) is 112 cm³/mol. The van der Waals surface area contributed by atoms with Crippen LogP contribution in [0.5, 0.6) is 0 Å². The number of thioether (sulfide) groups is 1. The number of nitrogens with one attached hydrogen (secondary N) is 1. The molecule has 1 saturated heterocycles. The number of pyridine rings is 1. The molecule has 2 aromatic rings. The van der Waals surface area contributed by atoms with E-state index in [0.29, 0.717) is 32.4 Å². The second kappa shape index (κ2) is 9.90. The van der Waals surface area contributed by atoms with E-state index in [1.54, 1.807) is 36.3 Å². The predicted octanol–water partition coefficient (Wildman–Crippen LogP) is 4.20. The first-order valence-electron chi connectivity index (χ1n) is 8.99. The Labute approximate surface area is 172 Å². The molecule has 1 aliphatic heterocycles. The molecule has 1 aromatic heterocycles. The third-order valence-electron chi connectivity index (χ3n) is 4.56. The summed E-state index contributed by atoms with van der Waals surface area (Å²) in [5.41, 5.74) is 0.762. The highest BCUT2D eigenvalue weighted by Crippen LogP contribution is 2.23. The quantitative estimate of drug-likeness (QED) is 0.673. The monoisotopic (exact) mass is 447 g/mol. The van der Waals surface area contributed by atoms with Gasteiger partial charge >= 0.3 is 0 Å². The number of anilines is 1. The van der Waals surface area contributed by atoms with Gasteiger partial charge in [0.05, 0.1) is 0 Å². The Bertz CT molecular complexity index is 763. The van der Waals surface area contributed by atoms with Crippen molar-refractivity contribution in [3.63, 3.8) is 0 Å². The van der Waals surface area contributed by atoms with Gasteiger partial charge in [-0.25, -0.2) is 0 Å². The van der Waals surface area contributed by atoms with Crippen LogP contribution < -0.4 is 5.32 Å². The number of halogens is 1. The number of hydrogen-bond acceptors (Lipinski definition) is 4. The molecular weight excluding hydrogens is 426 g/mol. The van der Waals surface area contributed by atoms with Crippen LogP contribution in [0.2, 0.25) is 0 Å². The number of likely N-dealkylation sites (tertiary alicyclic amines) is 1. The van der Waals surface area contributed by atoms with Crippen molar-refractivity contribution in [1.29, 1.82) is 0 Å². The number of nitrogens with zero attached hydrogens (tertiary/aromatic N) is 2. The second-order valence-electron chi connectivity index (χ2n) is 6.43. The van der Waals surface area contributed by atoms with Gasteiger partial charge in [-0.3, -0.25) is 14.6 Å². The van der Waals surface area contributed by atoms with E-state index in [2.05, 4.69) is 26.2 Å². The van der Waals surface area contributed by atoms with E-state index in [4.69, 9.17) is 0 Å². The van der Waals surface area contributed by atoms with E-state index in [1.807, 2.05) is 29.2 Å². The minimum atomic E-state index is -0.0423. The van der Waals surface area contributed by atoms with Crippen LogP contribution in [0, 0.1) is 5.92 Å². The minimum Gasteiger partial charge on any atom is -0.343 e. The average Bonchev–Trinajstić information content (AvgIpc) is 2.70. The molecule has 0 radical (unpaired) electrons. The van der Waals surface area contributed by atoms with Crippen molar-refractivity contribution in [3.8, 4) is 0 Å². The van der Waals surface area contributed by atoms with E-state index in [-0.39, 0.29) is 17.7 Å². The van der Waals surface area contributed by atoms with Crippen molar-refractivity contribution < 1.29 is 9.59 Å². The Morgan fingerprint density at radius 1 is 1.11 bits per heavy atom. The Kier molecular flexibility index (Phi) is 7.29. The van der Waals surface area contributed by atoms with Crippen LogP contribution in [0.3, 0.4) is 0 Å². The van der Waals surface area contributed by atoms with Gasteiger partial charge in [0.1, 0.15) is 0 Å². The maximum atomic E-state index is 12.4. The van der Waals surface area contributed by atoms with Gasteiger partial charge in [-0.1, -0.05) is 15.9 Å². The molecule has 2 heterocycles. The highest BCUT2D eigenvalue weighted by atomic mass is 79.9. The minimum absolute atomic E-state index is 0.0269. The fraction of sp³-hybridized carbons (Fsp3) is 0.350. The number of aromatic nitrogens is 1. The molecule has 142 valence electrons. The van der Waals surface area contributed by atoms with Crippen molar-refractivity contribution in [2.45, 2.75) is 24.2 Å². The van der Waals surface area contributed by atoms with Gasteiger partial charge in [0.2, 0.25) is 11.8 Å². The van der Waals surface area contributed by atoms with E-state index in [1.165, 1.54) is 0 Å². The SMILES string of the molecule is O=C(Nc1ccncc1)C1CCN(C(=O)CCSc2ccc(Br)cc2)CC1. The van der Waals surface area contributed by atoms with Crippen LogP contribution >= 0.6 is 27.7 Å². The smallest absolute Gasteiger partial charge is 0.227 e. The summed E-state index contributed by atoms with van der Waals surface area (Å²) in [6, 6.07) is 11.7. The highest BCUT2D eigenvalue weighted by molar-refractivity contribution is 9.10. The average molecular weight is 448 g/mol. The summed E-state index contributed by atoms with van der Waals surface area (Å²) in [4.78, 5) is 31.8. The first kappa shape index (κ1) is 19.9. The maximum Gasteiger partial charge on any atom is 0.227 e. The van der Waals surface area contributed by atoms with Gasteiger partial charge in [-0.2, -0.15) is 0 Å². The summed E-state index contributed by atoms with van der Waals surface area (Å²) in [7, 11) is 0. The van der Waals surface area contributed by atoms with Crippen molar-refractivity contribution in [3.05, 3.63) is 53.3 Å². The van der Waals surface area contributed by atoms with Crippen molar-refractivity contribution in [2.24, 2.45) is 5.92 Å². The number of hydrogen-bond donors (Lipinski definition) is 1. The molecule has 7 heteroatoms. The highest BCUT2D eigenvalue weighted by Gasteiger charge is 2.27. The molecule has 0 spiro atoms. The molecule has 0 aliphatic carbocycles. The van der Waals surface area contributed by atoms with Crippen LogP contribution in [0.4, 0.5) is 5.69 Å². The Balaban J connectivity index is 1.38. The molecule has 1 aliphatic rings. The molecule has 0 saturated carbocycles. The molecule has 5 nitrogen and oxygen atoms in total. The fourth-order valence-corrected chi connectivity index (χ4v) is 4.12. The lowest BCUT2D eigenvalue weighted by Gasteiger charge is -2.31. The first-order valence-corrected chi connectivity index (χ1v) is 10.8. The van der Waals surface area contributed by atoms with Gasteiger partial charge in [-0.15, -0.1) is 11.8 Å². The summed E-state index contributed by atoms with van der Waals surface area (Å²) in [6.45, 7) is 1.30. The van der Waals surface area contributed by atoms with E-state index in [0.717, 1.165) is 20.8 Å². The zero-order chi connectivity index (χ0) is 19.1. The number of carbonyl (C=O) groups is 2. The van der Waals surface area contributed by atoms with Crippen LogP contribution in [0.25, 0.3) is 0 Å². The summed E-state index contributed by atoms with van der Waals surface area (Å²) >= 11 is 5.11. The largest absolute Gasteiger partial charge is 0.343 e. The van der Waals surface area contributed by atoms with Gasteiger partial charge in [0.25, 0.3) is 0 Å². The number of benzene rings is 1. The number of carbonyl (C=O) groups excluding carboxylic acids is 2. The Hall–Kier alpha value is -1.86. The zero-order valence-electron chi connectivity index (χ0n) is 14.9. The van der Waals surface area contributed by atoms with Gasteiger partial charge < -0.3 is 10.2 Å². The number of piperidine rings is 1. The lowest BCUT2D eigenvalue weighted by molar-refractivity contribution is -0.134. The van der Waals surface area contributed by atoms with Crippen molar-refractivity contribution in [1.82, 2.24) is 9.88 Å². The number of rotatable bonds is 6. The third-order valence-corrected chi connectivity index (χ3v) is 6.11. The van der Waals surface area contributed by atoms with Gasteiger partial charge in [0, 0.05) is 58.6 Å². The first-order chi connectivity index (χ1) is 13.1. The van der Waals surface area contributed by atoms with E-state index < -0.39 is 0 Å². The molecule has 1 fully saturated rings. The molecular formula is C20H22BrN3O2S. The molecule has 2 amide bonds. The molecule has 0 unspecified atom stereocenters. The summed E-state index contributed by atoms with van der Waals surface area (Å²) < 4.78 is 1.05. The fourth-order valence-electron chi connectivity index (χ4n) is 3.02. The van der Waals surface area contributed by atoms with Crippen molar-refractivity contribution in [2.75, 3.05) is 24.2 Å². The van der Waals surface area contributed by atoms with Crippen molar-refractivity contribution >= 4 is 45.2 Å². The lowest BCUT2D eigenvalue weighted by atomic mass is 9.95. The molecule has 0 atom stereocenters. The second-order valence-corrected chi connectivity index (χ2v) is 8.52. The zero-order valence-corrected chi connectivity index (χ0v) is 17.3. The van der Waals surface area contributed by atoms with Gasteiger partial charge in [0.15, 0.2) is 0 Å². The third kappa shape index (κ3) is 6.07. The van der Waals surface area contributed by atoms with E-state index >= 15 is 0 Å². The Morgan fingerprint density at radius 2 is 1.78 bits per heavy atom. The summed E-state index contributed by atoms with van der Waals surface area (Å²) in [6.07, 6.45) is 5.26. The van der Waals surface area contributed by atoms with Crippen LogP contribution in [-0.4, -0.2) is 40.5 Å². The van der Waals surface area contributed by atoms with Crippen LogP contribution in [-0.2, 0) is 9.59 Å². The molecule has 3 rings (SSSR count). The van der Waals surface area contributed by atoms with Gasteiger partial charge in [-0.05, 0) is 49.2 Å². The standard InChI is InChI=1S/C20H22BrN3O2S/c21-16-1-3-18(4-2-16)27-14-9-19(25)24-12-7-15(8-13-24)20(26)23-17-5-10-22-11-6-17/h1-6,10-11,15H,7-9,12-14H2,(H,22,23,26). The summed E-state index contributed by atoms with van der Waals surface area (Å²) in [5, 5.41) is 2.92. The molecule has 1 N–H and O–H groups in total. The Morgan fingerprint density at radius 3 is 2.44 bits per heavy atom.